The second kappa shape index (κ2) is 6.20. The molecular formula is C9H9BF3KO. The van der Waals surface area contributed by atoms with Gasteiger partial charge < -0.3 is 17.7 Å². The zero-order chi connectivity index (χ0) is 10.8. The zero-order valence-electron chi connectivity index (χ0n) is 8.58. The second-order valence-electron chi connectivity index (χ2n) is 3.11. The first kappa shape index (κ1) is 15.4. The zero-order valence-corrected chi connectivity index (χ0v) is 11.7. The SMILES string of the molecule is CC(C(=O)[B-](F)(F)F)c1ccccc1.[K+]. The van der Waals surface area contributed by atoms with E-state index in [2.05, 4.69) is 0 Å². The summed E-state index contributed by atoms with van der Waals surface area (Å²) in [6.07, 6.45) is 0. The van der Waals surface area contributed by atoms with Gasteiger partial charge in [0.15, 0.2) is 0 Å². The van der Waals surface area contributed by atoms with Gasteiger partial charge in [-0.3, -0.25) is 0 Å². The van der Waals surface area contributed by atoms with Crippen molar-refractivity contribution in [2.75, 3.05) is 0 Å². The van der Waals surface area contributed by atoms with Gasteiger partial charge in [-0.1, -0.05) is 37.3 Å². The third-order valence-electron chi connectivity index (χ3n) is 2.05. The Kier molecular flexibility index (Phi) is 6.36. The molecule has 6 heteroatoms. The van der Waals surface area contributed by atoms with Crippen LogP contribution in [0.3, 0.4) is 0 Å². The smallest absolute Gasteiger partial charge is 0.443 e. The molecule has 0 bridgehead atoms. The Bertz CT molecular complexity index is 326. The Balaban J connectivity index is 0.00000196. The van der Waals surface area contributed by atoms with Crippen molar-refractivity contribution in [3.05, 3.63) is 35.9 Å². The molecular weight excluding hydrogens is 231 g/mol. The Morgan fingerprint density at radius 1 is 1.20 bits per heavy atom. The molecule has 1 rings (SSSR count). The predicted molar refractivity (Wildman–Crippen MR) is 48.9 cm³/mol. The molecule has 76 valence electrons. The van der Waals surface area contributed by atoms with Crippen LogP contribution in [0.5, 0.6) is 0 Å². The fraction of sp³-hybridized carbons (Fsp3) is 0.222. The van der Waals surface area contributed by atoms with Crippen molar-refractivity contribution >= 4 is 12.7 Å². The van der Waals surface area contributed by atoms with E-state index in [4.69, 9.17) is 0 Å². The Labute approximate surface area is 129 Å². The van der Waals surface area contributed by atoms with Crippen molar-refractivity contribution < 1.29 is 69.1 Å². The first-order valence-corrected chi connectivity index (χ1v) is 4.21. The van der Waals surface area contributed by atoms with Gasteiger partial charge in [-0.25, -0.2) is 0 Å². The number of hydrogen-bond acceptors (Lipinski definition) is 1. The minimum atomic E-state index is -5.38. The van der Waals surface area contributed by atoms with Crippen LogP contribution in [0.2, 0.25) is 0 Å². The van der Waals surface area contributed by atoms with E-state index in [1.165, 1.54) is 19.1 Å². The molecule has 0 saturated heterocycles. The Morgan fingerprint density at radius 2 is 1.67 bits per heavy atom. The maximum absolute atomic E-state index is 12.1. The van der Waals surface area contributed by atoms with Crippen LogP contribution in [0.1, 0.15) is 18.4 Å². The van der Waals surface area contributed by atoms with Gasteiger partial charge in [-0.15, -0.1) is 0 Å². The monoisotopic (exact) mass is 240 g/mol. The summed E-state index contributed by atoms with van der Waals surface area (Å²) in [5.74, 6) is -1.10. The van der Waals surface area contributed by atoms with E-state index in [0.29, 0.717) is 5.56 Å². The van der Waals surface area contributed by atoms with Crippen molar-refractivity contribution in [3.63, 3.8) is 0 Å². The standard InChI is InChI=1S/C9H9BF3O.K/c1-7(9(14)10(11,12)13)8-5-3-2-4-6-8;/h2-7H,1H3;/q-1;+1. The fourth-order valence-electron chi connectivity index (χ4n) is 1.19. The second-order valence-corrected chi connectivity index (χ2v) is 3.11. The molecule has 1 unspecified atom stereocenters. The summed E-state index contributed by atoms with van der Waals surface area (Å²) in [5, 5.41) is 0. The minimum absolute atomic E-state index is 0. The molecule has 1 atom stereocenters. The molecule has 0 aliphatic carbocycles. The minimum Gasteiger partial charge on any atom is -0.443 e. The number of halogens is 3. The molecule has 1 aromatic rings. The van der Waals surface area contributed by atoms with E-state index >= 15 is 0 Å². The van der Waals surface area contributed by atoms with Crippen LogP contribution < -0.4 is 51.4 Å². The first-order chi connectivity index (χ1) is 6.43. The van der Waals surface area contributed by atoms with Crippen molar-refractivity contribution in [2.45, 2.75) is 12.8 Å². The third kappa shape index (κ3) is 4.40. The average molecular weight is 240 g/mol. The van der Waals surface area contributed by atoms with E-state index in [-0.39, 0.29) is 51.4 Å². The summed E-state index contributed by atoms with van der Waals surface area (Å²) in [7, 11) is 0. The van der Waals surface area contributed by atoms with Crippen LogP contribution in [0.15, 0.2) is 30.3 Å². The predicted octanol–water partition coefficient (Wildman–Crippen LogP) is -0.250. The van der Waals surface area contributed by atoms with Gasteiger partial charge in [0.2, 0.25) is 0 Å². The summed E-state index contributed by atoms with van der Waals surface area (Å²) in [6, 6.07) is 7.96. The van der Waals surface area contributed by atoms with Gasteiger partial charge in [-0.2, -0.15) is 0 Å². The van der Waals surface area contributed by atoms with E-state index < -0.39 is 18.6 Å². The van der Waals surface area contributed by atoms with Crippen molar-refractivity contribution in [2.24, 2.45) is 0 Å². The van der Waals surface area contributed by atoms with E-state index in [1.54, 1.807) is 18.2 Å². The van der Waals surface area contributed by atoms with Gasteiger partial charge in [0, 0.05) is 5.92 Å². The average Bonchev–Trinajstić information content (AvgIpc) is 2.15. The normalized spacial score (nSPS) is 12.8. The summed E-state index contributed by atoms with van der Waals surface area (Å²) in [4.78, 5) is 10.9. The summed E-state index contributed by atoms with van der Waals surface area (Å²) < 4.78 is 36.3. The van der Waals surface area contributed by atoms with Gasteiger partial charge in [0.25, 0.3) is 0 Å². The van der Waals surface area contributed by atoms with E-state index in [9.17, 15) is 17.7 Å². The summed E-state index contributed by atoms with van der Waals surface area (Å²) in [6.45, 7) is -4.11. The summed E-state index contributed by atoms with van der Waals surface area (Å²) >= 11 is 0. The van der Waals surface area contributed by atoms with Crippen LogP contribution in [0, 0.1) is 0 Å². The van der Waals surface area contributed by atoms with Crippen molar-refractivity contribution in [3.8, 4) is 0 Å². The molecule has 0 fully saturated rings. The molecule has 0 radical (unpaired) electrons. The molecule has 0 amide bonds. The quantitative estimate of drug-likeness (QED) is 0.666. The molecule has 1 nitrogen and oxygen atoms in total. The molecule has 15 heavy (non-hydrogen) atoms. The number of carbonyl (C=O) groups excluding carboxylic acids is 1. The number of hydrogen-bond donors (Lipinski definition) is 0. The molecule has 0 aliphatic heterocycles. The fourth-order valence-corrected chi connectivity index (χ4v) is 1.19. The van der Waals surface area contributed by atoms with E-state index in [0.717, 1.165) is 0 Å². The van der Waals surface area contributed by atoms with Crippen molar-refractivity contribution in [1.29, 1.82) is 0 Å². The van der Waals surface area contributed by atoms with Crippen LogP contribution in [0.4, 0.5) is 12.9 Å². The Morgan fingerprint density at radius 3 is 2.07 bits per heavy atom. The van der Waals surface area contributed by atoms with Gasteiger partial charge in [-0.05, 0) is 5.56 Å². The first-order valence-electron chi connectivity index (χ1n) is 4.21. The van der Waals surface area contributed by atoms with Crippen LogP contribution in [0.25, 0.3) is 0 Å². The van der Waals surface area contributed by atoms with Crippen LogP contribution >= 0.6 is 0 Å². The van der Waals surface area contributed by atoms with Gasteiger partial charge in [0.1, 0.15) is 0 Å². The van der Waals surface area contributed by atoms with Crippen LogP contribution in [-0.2, 0) is 4.79 Å². The molecule has 1 aromatic carbocycles. The molecule has 0 heterocycles. The van der Waals surface area contributed by atoms with Crippen LogP contribution in [-0.4, -0.2) is 12.7 Å². The molecule has 0 aromatic heterocycles. The maximum Gasteiger partial charge on any atom is 1.00 e. The topological polar surface area (TPSA) is 17.1 Å². The number of carbonyl (C=O) groups is 1. The third-order valence-corrected chi connectivity index (χ3v) is 2.05. The van der Waals surface area contributed by atoms with Gasteiger partial charge >= 0.3 is 58.4 Å². The maximum atomic E-state index is 12.1. The van der Waals surface area contributed by atoms with Crippen molar-refractivity contribution in [1.82, 2.24) is 0 Å². The molecule has 0 aliphatic rings. The summed E-state index contributed by atoms with van der Waals surface area (Å²) in [5.41, 5.74) is -1.24. The molecule has 0 spiro atoms. The largest absolute Gasteiger partial charge is 1.00 e. The molecule has 0 N–H and O–H groups in total. The number of rotatable bonds is 3. The number of benzene rings is 1. The molecule has 0 saturated carbocycles. The van der Waals surface area contributed by atoms with E-state index in [1.807, 2.05) is 0 Å². The Hall–Kier alpha value is 0.381. The van der Waals surface area contributed by atoms with Gasteiger partial charge in [0.05, 0.1) is 5.68 Å².